The molecule has 0 radical (unpaired) electrons. The summed E-state index contributed by atoms with van der Waals surface area (Å²) in [5.41, 5.74) is 2.81. The Morgan fingerprint density at radius 3 is 2.38 bits per heavy atom. The third kappa shape index (κ3) is 6.07. The molecule has 0 saturated heterocycles. The third-order valence-corrected chi connectivity index (χ3v) is 6.31. The lowest BCUT2D eigenvalue weighted by Crippen LogP contribution is -2.24. The van der Waals surface area contributed by atoms with E-state index in [1.807, 2.05) is 13.8 Å². The van der Waals surface area contributed by atoms with E-state index >= 15 is 0 Å². The van der Waals surface area contributed by atoms with Gasteiger partial charge in [0.25, 0.3) is 15.9 Å². The van der Waals surface area contributed by atoms with Gasteiger partial charge in [-0.15, -0.1) is 0 Å². The van der Waals surface area contributed by atoms with Gasteiger partial charge in [0, 0.05) is 18.2 Å². The van der Waals surface area contributed by atoms with Crippen molar-refractivity contribution in [2.24, 2.45) is 0 Å². The average molecular weight is 454 g/mol. The van der Waals surface area contributed by atoms with Crippen molar-refractivity contribution in [1.82, 2.24) is 10.3 Å². The fraction of sp³-hybridized carbons (Fsp3) is 0.250. The summed E-state index contributed by atoms with van der Waals surface area (Å²) in [5.74, 6) is 0.703. The molecule has 1 amide bonds. The van der Waals surface area contributed by atoms with Gasteiger partial charge in [-0.2, -0.15) is 0 Å². The van der Waals surface area contributed by atoms with Gasteiger partial charge >= 0.3 is 0 Å². The summed E-state index contributed by atoms with van der Waals surface area (Å²) in [5, 5.41) is 2.86. The number of pyridine rings is 1. The smallest absolute Gasteiger partial charge is 0.261 e. The second-order valence-electron chi connectivity index (χ2n) is 7.47. The molecule has 3 rings (SSSR count). The Balaban J connectivity index is 1.62. The third-order valence-electron chi connectivity index (χ3n) is 4.93. The summed E-state index contributed by atoms with van der Waals surface area (Å²) in [6.45, 7) is 6.51. The first kappa shape index (κ1) is 23.3. The monoisotopic (exact) mass is 453 g/mol. The minimum atomic E-state index is -3.71. The maximum absolute atomic E-state index is 12.6. The number of benzene rings is 2. The summed E-state index contributed by atoms with van der Waals surface area (Å²) < 4.78 is 33.4. The fourth-order valence-corrected chi connectivity index (χ4v) is 4.00. The van der Waals surface area contributed by atoms with E-state index in [2.05, 4.69) is 21.9 Å². The SMILES string of the molecule is CCCCNC(=O)c1ccc(Oc2ccc(NS(=O)(=O)c3ccc(C)c(C)c3)cn2)cc1. The zero-order valence-corrected chi connectivity index (χ0v) is 19.2. The van der Waals surface area contributed by atoms with Crippen molar-refractivity contribution < 1.29 is 17.9 Å². The van der Waals surface area contributed by atoms with Crippen LogP contribution in [0.2, 0.25) is 0 Å². The van der Waals surface area contributed by atoms with E-state index in [0.717, 1.165) is 24.0 Å². The van der Waals surface area contributed by atoms with E-state index in [1.54, 1.807) is 54.6 Å². The largest absolute Gasteiger partial charge is 0.439 e. The Kier molecular flexibility index (Phi) is 7.48. The molecule has 0 fully saturated rings. The van der Waals surface area contributed by atoms with Crippen LogP contribution in [-0.4, -0.2) is 25.9 Å². The number of amides is 1. The molecule has 1 aromatic heterocycles. The van der Waals surface area contributed by atoms with Crippen LogP contribution in [0.25, 0.3) is 0 Å². The molecule has 0 bridgehead atoms. The molecule has 3 aromatic rings. The summed E-state index contributed by atoms with van der Waals surface area (Å²) >= 11 is 0. The molecule has 0 unspecified atom stereocenters. The molecule has 168 valence electrons. The van der Waals surface area contributed by atoms with Gasteiger partial charge in [-0.25, -0.2) is 13.4 Å². The van der Waals surface area contributed by atoms with Crippen LogP contribution in [0.3, 0.4) is 0 Å². The van der Waals surface area contributed by atoms with Gasteiger partial charge in [0.05, 0.1) is 16.8 Å². The number of ether oxygens (including phenoxy) is 1. The average Bonchev–Trinajstić information content (AvgIpc) is 2.77. The number of unbranched alkanes of at least 4 members (excludes halogenated alkanes) is 1. The number of carbonyl (C=O) groups is 1. The number of nitrogens with zero attached hydrogens (tertiary/aromatic N) is 1. The number of sulfonamides is 1. The summed E-state index contributed by atoms with van der Waals surface area (Å²) in [4.78, 5) is 16.4. The maximum atomic E-state index is 12.6. The maximum Gasteiger partial charge on any atom is 0.261 e. The highest BCUT2D eigenvalue weighted by molar-refractivity contribution is 7.92. The van der Waals surface area contributed by atoms with E-state index in [-0.39, 0.29) is 10.8 Å². The van der Waals surface area contributed by atoms with E-state index < -0.39 is 10.0 Å². The molecule has 0 spiro atoms. The molecular formula is C24H27N3O4S. The normalized spacial score (nSPS) is 11.1. The van der Waals surface area contributed by atoms with Crippen LogP contribution >= 0.6 is 0 Å². The predicted octanol–water partition coefficient (Wildman–Crippen LogP) is 4.82. The molecule has 0 aliphatic heterocycles. The highest BCUT2D eigenvalue weighted by Crippen LogP contribution is 2.23. The Hall–Kier alpha value is -3.39. The minimum Gasteiger partial charge on any atom is -0.439 e. The first-order valence-corrected chi connectivity index (χ1v) is 11.9. The van der Waals surface area contributed by atoms with Crippen molar-refractivity contribution in [3.63, 3.8) is 0 Å². The summed E-state index contributed by atoms with van der Waals surface area (Å²) in [6, 6.07) is 14.9. The Morgan fingerprint density at radius 1 is 1.00 bits per heavy atom. The summed E-state index contributed by atoms with van der Waals surface area (Å²) in [6.07, 6.45) is 3.35. The summed E-state index contributed by atoms with van der Waals surface area (Å²) in [7, 11) is -3.71. The van der Waals surface area contributed by atoms with Crippen LogP contribution in [0, 0.1) is 13.8 Å². The van der Waals surface area contributed by atoms with Crippen LogP contribution in [-0.2, 0) is 10.0 Å². The topological polar surface area (TPSA) is 97.4 Å². The molecule has 0 aliphatic rings. The number of nitrogens with one attached hydrogen (secondary N) is 2. The molecule has 7 nitrogen and oxygen atoms in total. The molecule has 0 saturated carbocycles. The molecule has 8 heteroatoms. The lowest BCUT2D eigenvalue weighted by Gasteiger charge is -2.10. The van der Waals surface area contributed by atoms with E-state index in [9.17, 15) is 13.2 Å². The highest BCUT2D eigenvalue weighted by atomic mass is 32.2. The van der Waals surface area contributed by atoms with Gasteiger partial charge in [0.2, 0.25) is 5.88 Å². The number of rotatable bonds is 9. The molecule has 32 heavy (non-hydrogen) atoms. The van der Waals surface area contributed by atoms with Gasteiger partial charge in [0.15, 0.2) is 0 Å². The van der Waals surface area contributed by atoms with E-state index in [0.29, 0.717) is 29.4 Å². The van der Waals surface area contributed by atoms with Crippen molar-refractivity contribution in [2.75, 3.05) is 11.3 Å². The zero-order valence-electron chi connectivity index (χ0n) is 18.4. The van der Waals surface area contributed by atoms with Crippen LogP contribution in [0.15, 0.2) is 65.7 Å². The second kappa shape index (κ2) is 10.3. The Labute approximate surface area is 188 Å². The van der Waals surface area contributed by atoms with Crippen molar-refractivity contribution in [3.05, 3.63) is 77.5 Å². The first-order chi connectivity index (χ1) is 15.3. The number of aromatic nitrogens is 1. The van der Waals surface area contributed by atoms with E-state index in [4.69, 9.17) is 4.74 Å². The van der Waals surface area contributed by atoms with Crippen LogP contribution in [0.5, 0.6) is 11.6 Å². The Morgan fingerprint density at radius 2 is 1.75 bits per heavy atom. The molecule has 0 aliphatic carbocycles. The number of carbonyl (C=O) groups excluding carboxylic acids is 1. The van der Waals surface area contributed by atoms with Crippen molar-refractivity contribution >= 4 is 21.6 Å². The quantitative estimate of drug-likeness (QED) is 0.453. The second-order valence-corrected chi connectivity index (χ2v) is 9.15. The van der Waals surface area contributed by atoms with Gasteiger partial charge < -0.3 is 10.1 Å². The van der Waals surface area contributed by atoms with Gasteiger partial charge in [-0.3, -0.25) is 9.52 Å². The number of hydrogen-bond acceptors (Lipinski definition) is 5. The predicted molar refractivity (Wildman–Crippen MR) is 125 cm³/mol. The number of hydrogen-bond donors (Lipinski definition) is 2. The molecule has 2 N–H and O–H groups in total. The highest BCUT2D eigenvalue weighted by Gasteiger charge is 2.15. The van der Waals surface area contributed by atoms with Gasteiger partial charge in [-0.05, 0) is 73.9 Å². The fourth-order valence-electron chi connectivity index (χ4n) is 2.87. The first-order valence-electron chi connectivity index (χ1n) is 10.4. The van der Waals surface area contributed by atoms with Crippen molar-refractivity contribution in [3.8, 4) is 11.6 Å². The molecule has 0 atom stereocenters. The van der Waals surface area contributed by atoms with E-state index in [1.165, 1.54) is 6.20 Å². The van der Waals surface area contributed by atoms with Crippen molar-refractivity contribution in [2.45, 2.75) is 38.5 Å². The molecular weight excluding hydrogens is 426 g/mol. The number of aryl methyl sites for hydroxylation is 2. The van der Waals surface area contributed by atoms with Crippen molar-refractivity contribution in [1.29, 1.82) is 0 Å². The van der Waals surface area contributed by atoms with Crippen LogP contribution in [0.1, 0.15) is 41.3 Å². The standard InChI is InChI=1S/C24H27N3O4S/c1-4-5-14-25-24(28)19-7-10-21(11-8-19)31-23-13-9-20(16-26-23)27-32(29,30)22-12-6-17(2)18(3)15-22/h6-13,15-16,27H,4-5,14H2,1-3H3,(H,25,28). The van der Waals surface area contributed by atoms with Gasteiger partial charge in [-0.1, -0.05) is 19.4 Å². The lowest BCUT2D eigenvalue weighted by atomic mass is 10.1. The molecule has 2 aromatic carbocycles. The zero-order chi connectivity index (χ0) is 23.1. The molecule has 1 heterocycles. The minimum absolute atomic E-state index is 0.122. The van der Waals surface area contributed by atoms with Crippen LogP contribution < -0.4 is 14.8 Å². The van der Waals surface area contributed by atoms with Crippen LogP contribution in [0.4, 0.5) is 5.69 Å². The number of anilines is 1. The Bertz CT molecular complexity index is 1170. The lowest BCUT2D eigenvalue weighted by molar-refractivity contribution is 0.0953. The van der Waals surface area contributed by atoms with Gasteiger partial charge in [0.1, 0.15) is 5.75 Å².